The molecule has 1 aliphatic carbocycles. The van der Waals surface area contributed by atoms with Crippen molar-refractivity contribution in [3.05, 3.63) is 35.6 Å². The van der Waals surface area contributed by atoms with Crippen LogP contribution in [0.3, 0.4) is 0 Å². The molecule has 1 atom stereocenters. The van der Waals surface area contributed by atoms with Gasteiger partial charge in [-0.2, -0.15) is 0 Å². The lowest BCUT2D eigenvalue weighted by Gasteiger charge is -2.38. The molecule has 1 saturated heterocycles. The van der Waals surface area contributed by atoms with Gasteiger partial charge in [0.1, 0.15) is 11.9 Å². The maximum Gasteiger partial charge on any atom is 0.409 e. The Morgan fingerprint density at radius 3 is 2.33 bits per heavy atom. The van der Waals surface area contributed by atoms with Gasteiger partial charge < -0.3 is 15.0 Å². The minimum absolute atomic E-state index is 0.0596. The Balaban J connectivity index is 1.73. The van der Waals surface area contributed by atoms with Crippen LogP contribution in [0.5, 0.6) is 0 Å². The molecule has 3 rings (SSSR count). The lowest BCUT2D eigenvalue weighted by atomic mass is 10.0. The van der Waals surface area contributed by atoms with Crippen LogP contribution in [0, 0.1) is 5.82 Å². The Bertz CT molecular complexity index is 596. The molecule has 2 fully saturated rings. The first-order valence-electron chi connectivity index (χ1n) is 8.21. The second kappa shape index (κ2) is 7.17. The number of ether oxygens (including phenoxy) is 1. The number of hydrogen-bond donors (Lipinski definition) is 1. The van der Waals surface area contributed by atoms with Gasteiger partial charge in [0, 0.05) is 32.2 Å². The largest absolute Gasteiger partial charge is 0.453 e. The number of nitrogens with zero attached hydrogens (tertiary/aromatic N) is 2. The zero-order chi connectivity index (χ0) is 17.1. The second-order valence-corrected chi connectivity index (χ2v) is 6.23. The van der Waals surface area contributed by atoms with E-state index in [-0.39, 0.29) is 23.9 Å². The van der Waals surface area contributed by atoms with Crippen molar-refractivity contribution in [3.8, 4) is 0 Å². The van der Waals surface area contributed by atoms with E-state index in [1.54, 1.807) is 17.0 Å². The molecule has 1 saturated carbocycles. The predicted octanol–water partition coefficient (Wildman–Crippen LogP) is 1.53. The molecule has 130 valence electrons. The number of hydrogen-bond acceptors (Lipinski definition) is 4. The van der Waals surface area contributed by atoms with Crippen molar-refractivity contribution < 1.29 is 18.7 Å². The number of rotatable bonds is 4. The molecular formula is C17H22FN3O3. The van der Waals surface area contributed by atoms with Crippen LogP contribution >= 0.6 is 0 Å². The average Bonchev–Trinajstić information content (AvgIpc) is 3.40. The monoisotopic (exact) mass is 335 g/mol. The minimum Gasteiger partial charge on any atom is -0.453 e. The summed E-state index contributed by atoms with van der Waals surface area (Å²) in [6.07, 6.45) is 1.67. The predicted molar refractivity (Wildman–Crippen MR) is 85.9 cm³/mol. The molecular weight excluding hydrogens is 313 g/mol. The third-order valence-electron chi connectivity index (χ3n) is 4.47. The van der Waals surface area contributed by atoms with Crippen molar-refractivity contribution in [2.45, 2.75) is 24.9 Å². The molecule has 2 aliphatic rings. The van der Waals surface area contributed by atoms with Gasteiger partial charge in [-0.05, 0) is 30.5 Å². The molecule has 0 bridgehead atoms. The van der Waals surface area contributed by atoms with Crippen molar-refractivity contribution in [2.24, 2.45) is 0 Å². The van der Waals surface area contributed by atoms with Crippen LogP contribution in [0.4, 0.5) is 9.18 Å². The van der Waals surface area contributed by atoms with Crippen molar-refractivity contribution >= 4 is 12.0 Å². The number of amides is 2. The number of carbonyl (C=O) groups excluding carboxylic acids is 2. The molecule has 1 heterocycles. The highest BCUT2D eigenvalue weighted by Gasteiger charge is 2.34. The van der Waals surface area contributed by atoms with E-state index >= 15 is 0 Å². The van der Waals surface area contributed by atoms with Gasteiger partial charge in [-0.25, -0.2) is 9.18 Å². The quantitative estimate of drug-likeness (QED) is 0.906. The summed E-state index contributed by atoms with van der Waals surface area (Å²) in [7, 11) is 1.36. The number of nitrogens with one attached hydrogen (secondary N) is 1. The Morgan fingerprint density at radius 1 is 1.17 bits per heavy atom. The lowest BCUT2D eigenvalue weighted by molar-refractivity contribution is -0.127. The van der Waals surface area contributed by atoms with E-state index in [2.05, 4.69) is 5.32 Å². The molecule has 0 radical (unpaired) electrons. The van der Waals surface area contributed by atoms with Crippen LogP contribution in [0.1, 0.15) is 24.4 Å². The summed E-state index contributed by atoms with van der Waals surface area (Å²) in [5.74, 6) is -0.383. The van der Waals surface area contributed by atoms with Crippen molar-refractivity contribution in [2.75, 3.05) is 33.3 Å². The summed E-state index contributed by atoms with van der Waals surface area (Å²) in [4.78, 5) is 28.0. The first-order chi connectivity index (χ1) is 11.6. The highest BCUT2D eigenvalue weighted by molar-refractivity contribution is 5.83. The SMILES string of the molecule is COC(=O)N1CCN(C(C(=O)NC2CC2)c2ccc(F)cc2)CC1. The van der Waals surface area contributed by atoms with E-state index in [4.69, 9.17) is 4.74 Å². The van der Waals surface area contributed by atoms with Crippen LogP contribution in [0.2, 0.25) is 0 Å². The van der Waals surface area contributed by atoms with Gasteiger partial charge in [-0.15, -0.1) is 0 Å². The average molecular weight is 335 g/mol. The fourth-order valence-electron chi connectivity index (χ4n) is 2.97. The summed E-state index contributed by atoms with van der Waals surface area (Å²) < 4.78 is 18.0. The van der Waals surface area contributed by atoms with E-state index in [1.165, 1.54) is 19.2 Å². The molecule has 1 aromatic carbocycles. The fourth-order valence-corrected chi connectivity index (χ4v) is 2.97. The molecule has 1 aromatic rings. The molecule has 1 unspecified atom stereocenters. The van der Waals surface area contributed by atoms with Crippen molar-refractivity contribution in [1.29, 1.82) is 0 Å². The maximum absolute atomic E-state index is 13.2. The van der Waals surface area contributed by atoms with Gasteiger partial charge in [-0.1, -0.05) is 12.1 Å². The Morgan fingerprint density at radius 2 is 1.79 bits per heavy atom. The van der Waals surface area contributed by atoms with Crippen LogP contribution in [-0.4, -0.2) is 61.1 Å². The van der Waals surface area contributed by atoms with E-state index in [1.807, 2.05) is 4.90 Å². The number of piperazine rings is 1. The standard InChI is InChI=1S/C17H22FN3O3/c1-24-17(23)21-10-8-20(9-11-21)15(16(22)19-14-6-7-14)12-2-4-13(18)5-3-12/h2-5,14-15H,6-11H2,1H3,(H,19,22). The smallest absolute Gasteiger partial charge is 0.409 e. The first-order valence-corrected chi connectivity index (χ1v) is 8.21. The van der Waals surface area contributed by atoms with Gasteiger partial charge >= 0.3 is 6.09 Å². The second-order valence-electron chi connectivity index (χ2n) is 6.23. The molecule has 1 N–H and O–H groups in total. The highest BCUT2D eigenvalue weighted by atomic mass is 19.1. The highest BCUT2D eigenvalue weighted by Crippen LogP contribution is 2.26. The molecule has 0 aromatic heterocycles. The maximum atomic E-state index is 13.2. The van der Waals surface area contributed by atoms with E-state index < -0.39 is 6.04 Å². The molecule has 1 aliphatic heterocycles. The van der Waals surface area contributed by atoms with Crippen molar-refractivity contribution in [3.63, 3.8) is 0 Å². The topological polar surface area (TPSA) is 61.9 Å². The summed E-state index contributed by atoms with van der Waals surface area (Å²) in [6.45, 7) is 2.13. The molecule has 2 amide bonds. The van der Waals surface area contributed by atoms with Crippen LogP contribution in [0.15, 0.2) is 24.3 Å². The third kappa shape index (κ3) is 3.84. The summed E-state index contributed by atoms with van der Waals surface area (Å²) >= 11 is 0. The first kappa shape index (κ1) is 16.7. The van der Waals surface area contributed by atoms with Crippen LogP contribution < -0.4 is 5.32 Å². The number of carbonyl (C=O) groups is 2. The number of methoxy groups -OCH3 is 1. The summed E-state index contributed by atoms with van der Waals surface area (Å²) in [5, 5.41) is 3.03. The fraction of sp³-hybridized carbons (Fsp3) is 0.529. The molecule has 6 nitrogen and oxygen atoms in total. The van der Waals surface area contributed by atoms with Crippen LogP contribution in [-0.2, 0) is 9.53 Å². The summed E-state index contributed by atoms with van der Waals surface area (Å²) in [5.41, 5.74) is 0.765. The third-order valence-corrected chi connectivity index (χ3v) is 4.47. The van der Waals surface area contributed by atoms with Gasteiger partial charge in [0.25, 0.3) is 0 Å². The number of halogens is 1. The minimum atomic E-state index is -0.467. The van der Waals surface area contributed by atoms with Gasteiger partial charge in [0.05, 0.1) is 7.11 Å². The Labute approximate surface area is 140 Å². The molecule has 24 heavy (non-hydrogen) atoms. The van der Waals surface area contributed by atoms with E-state index in [0.29, 0.717) is 26.2 Å². The normalized spacial score (nSPS) is 19.7. The number of benzene rings is 1. The Kier molecular flexibility index (Phi) is 4.99. The lowest BCUT2D eigenvalue weighted by Crippen LogP contribution is -2.52. The van der Waals surface area contributed by atoms with Gasteiger partial charge in [0.15, 0.2) is 0 Å². The summed E-state index contributed by atoms with van der Waals surface area (Å²) in [6, 6.07) is 5.84. The van der Waals surface area contributed by atoms with E-state index in [9.17, 15) is 14.0 Å². The Hall–Kier alpha value is -2.15. The van der Waals surface area contributed by atoms with E-state index in [0.717, 1.165) is 18.4 Å². The zero-order valence-electron chi connectivity index (χ0n) is 13.7. The van der Waals surface area contributed by atoms with Gasteiger partial charge in [0.2, 0.25) is 5.91 Å². The molecule has 0 spiro atoms. The van der Waals surface area contributed by atoms with Gasteiger partial charge in [-0.3, -0.25) is 9.69 Å². The zero-order valence-corrected chi connectivity index (χ0v) is 13.7. The van der Waals surface area contributed by atoms with Crippen molar-refractivity contribution in [1.82, 2.24) is 15.1 Å². The van der Waals surface area contributed by atoms with Crippen LogP contribution in [0.25, 0.3) is 0 Å². The molecule has 7 heteroatoms.